The number of benzene rings is 2. The second kappa shape index (κ2) is 9.00. The molecule has 1 N–H and O–H groups in total. The van der Waals surface area contributed by atoms with Crippen LogP contribution >= 0.6 is 0 Å². The number of anilines is 1. The number of amides is 2. The first-order chi connectivity index (χ1) is 14.5. The maximum absolute atomic E-state index is 12.8. The zero-order chi connectivity index (χ0) is 21.1. The zero-order valence-corrected chi connectivity index (χ0v) is 17.9. The van der Waals surface area contributed by atoms with Gasteiger partial charge in [-0.3, -0.25) is 14.5 Å². The standard InChI is InChI=1S/C25H31N3O2/c1-18(2)20-5-3-19(4-6-20)17-27-13-15-28(16-14-27)25(30)22-9-11-23(12-10-22)26-24(29)21-7-8-21/h3-6,9-12,18,21H,7-8,13-17H2,1-2H3,(H,26,29). The van der Waals surface area contributed by atoms with Crippen molar-refractivity contribution in [3.05, 3.63) is 65.2 Å². The predicted molar refractivity (Wildman–Crippen MR) is 120 cm³/mol. The Hall–Kier alpha value is -2.66. The van der Waals surface area contributed by atoms with Crippen LogP contribution in [0.1, 0.15) is 54.1 Å². The first kappa shape index (κ1) is 20.6. The largest absolute Gasteiger partial charge is 0.336 e. The molecule has 2 aromatic carbocycles. The Morgan fingerprint density at radius 3 is 2.13 bits per heavy atom. The van der Waals surface area contributed by atoms with E-state index in [4.69, 9.17) is 0 Å². The fraction of sp³-hybridized carbons (Fsp3) is 0.440. The molecule has 0 unspecified atom stereocenters. The number of nitrogens with one attached hydrogen (secondary N) is 1. The van der Waals surface area contributed by atoms with Crippen LogP contribution in [0.2, 0.25) is 0 Å². The van der Waals surface area contributed by atoms with Crippen molar-refractivity contribution in [1.29, 1.82) is 0 Å². The van der Waals surface area contributed by atoms with Gasteiger partial charge in [0.05, 0.1) is 0 Å². The maximum Gasteiger partial charge on any atom is 0.253 e. The van der Waals surface area contributed by atoms with E-state index in [0.29, 0.717) is 11.5 Å². The summed E-state index contributed by atoms with van der Waals surface area (Å²) in [4.78, 5) is 29.0. The Labute approximate surface area is 179 Å². The molecule has 1 aliphatic heterocycles. The second-order valence-corrected chi connectivity index (χ2v) is 8.81. The van der Waals surface area contributed by atoms with Crippen molar-refractivity contribution in [3.63, 3.8) is 0 Å². The van der Waals surface area contributed by atoms with Gasteiger partial charge in [-0.15, -0.1) is 0 Å². The number of hydrogen-bond donors (Lipinski definition) is 1. The fourth-order valence-corrected chi connectivity index (χ4v) is 3.84. The topological polar surface area (TPSA) is 52.6 Å². The first-order valence-electron chi connectivity index (χ1n) is 11.0. The smallest absolute Gasteiger partial charge is 0.253 e. The second-order valence-electron chi connectivity index (χ2n) is 8.81. The summed E-state index contributed by atoms with van der Waals surface area (Å²) in [7, 11) is 0. The molecule has 0 bridgehead atoms. The van der Waals surface area contributed by atoms with Crippen molar-refractivity contribution in [1.82, 2.24) is 9.80 Å². The van der Waals surface area contributed by atoms with E-state index in [1.807, 2.05) is 29.2 Å². The molecule has 0 radical (unpaired) electrons. The van der Waals surface area contributed by atoms with Gasteiger partial charge >= 0.3 is 0 Å². The predicted octanol–water partition coefficient (Wildman–Crippen LogP) is 4.12. The minimum atomic E-state index is 0.0657. The molecule has 1 saturated heterocycles. The zero-order valence-electron chi connectivity index (χ0n) is 17.9. The van der Waals surface area contributed by atoms with Crippen molar-refractivity contribution < 1.29 is 9.59 Å². The van der Waals surface area contributed by atoms with Crippen LogP contribution in [0.15, 0.2) is 48.5 Å². The molecular weight excluding hydrogens is 374 g/mol. The van der Waals surface area contributed by atoms with Crippen molar-refractivity contribution in [2.75, 3.05) is 31.5 Å². The van der Waals surface area contributed by atoms with Crippen LogP contribution in [0.3, 0.4) is 0 Å². The van der Waals surface area contributed by atoms with E-state index in [1.165, 1.54) is 11.1 Å². The van der Waals surface area contributed by atoms with Crippen LogP contribution in [0.25, 0.3) is 0 Å². The van der Waals surface area contributed by atoms with E-state index in [2.05, 4.69) is 48.3 Å². The van der Waals surface area contributed by atoms with Gasteiger partial charge < -0.3 is 10.2 Å². The molecule has 2 amide bonds. The van der Waals surface area contributed by atoms with Crippen LogP contribution in [-0.4, -0.2) is 47.8 Å². The Morgan fingerprint density at radius 1 is 0.933 bits per heavy atom. The summed E-state index contributed by atoms with van der Waals surface area (Å²) in [5, 5.41) is 2.92. The van der Waals surface area contributed by atoms with Crippen LogP contribution in [0, 0.1) is 5.92 Å². The normalized spacial score (nSPS) is 17.2. The molecule has 2 aromatic rings. The van der Waals surface area contributed by atoms with Crippen LogP contribution in [-0.2, 0) is 11.3 Å². The molecule has 5 nitrogen and oxygen atoms in total. The third kappa shape index (κ3) is 5.08. The van der Waals surface area contributed by atoms with E-state index in [0.717, 1.165) is 51.3 Å². The van der Waals surface area contributed by atoms with E-state index < -0.39 is 0 Å². The minimum Gasteiger partial charge on any atom is -0.336 e. The lowest BCUT2D eigenvalue weighted by molar-refractivity contribution is -0.117. The monoisotopic (exact) mass is 405 g/mol. The third-order valence-electron chi connectivity index (χ3n) is 6.06. The van der Waals surface area contributed by atoms with Gasteiger partial charge in [-0.25, -0.2) is 0 Å². The van der Waals surface area contributed by atoms with Gasteiger partial charge in [0.1, 0.15) is 0 Å². The number of rotatable bonds is 6. The summed E-state index contributed by atoms with van der Waals surface area (Å²) < 4.78 is 0. The number of carbonyl (C=O) groups is 2. The van der Waals surface area contributed by atoms with Crippen LogP contribution in [0.4, 0.5) is 5.69 Å². The van der Waals surface area contributed by atoms with Gasteiger partial charge in [0.2, 0.25) is 5.91 Å². The van der Waals surface area contributed by atoms with E-state index in [-0.39, 0.29) is 17.7 Å². The number of nitrogens with zero attached hydrogens (tertiary/aromatic N) is 2. The molecule has 4 rings (SSSR count). The number of piperazine rings is 1. The van der Waals surface area contributed by atoms with Gasteiger partial charge in [-0.05, 0) is 54.2 Å². The van der Waals surface area contributed by atoms with Crippen LogP contribution < -0.4 is 5.32 Å². The van der Waals surface area contributed by atoms with Crippen LogP contribution in [0.5, 0.6) is 0 Å². The van der Waals surface area contributed by atoms with Gasteiger partial charge in [-0.1, -0.05) is 38.1 Å². The lowest BCUT2D eigenvalue weighted by atomic mass is 10.0. The highest BCUT2D eigenvalue weighted by Crippen LogP contribution is 2.30. The molecular formula is C25H31N3O2. The Kier molecular flexibility index (Phi) is 6.18. The molecule has 5 heteroatoms. The molecule has 2 fully saturated rings. The molecule has 0 spiro atoms. The SMILES string of the molecule is CC(C)c1ccc(CN2CCN(C(=O)c3ccc(NC(=O)C4CC4)cc3)CC2)cc1. The fourth-order valence-electron chi connectivity index (χ4n) is 3.84. The Bertz CT molecular complexity index is 878. The molecule has 2 aliphatic rings. The lowest BCUT2D eigenvalue weighted by Crippen LogP contribution is -2.48. The van der Waals surface area contributed by atoms with Gasteiger partial charge in [0.25, 0.3) is 5.91 Å². The van der Waals surface area contributed by atoms with Gasteiger partial charge in [0, 0.05) is 49.9 Å². The molecule has 0 aromatic heterocycles. The van der Waals surface area contributed by atoms with Crippen molar-refractivity contribution in [2.45, 2.75) is 39.2 Å². The van der Waals surface area contributed by atoms with E-state index >= 15 is 0 Å². The average Bonchev–Trinajstić information content (AvgIpc) is 3.60. The molecule has 158 valence electrons. The Balaban J connectivity index is 1.27. The summed E-state index contributed by atoms with van der Waals surface area (Å²) >= 11 is 0. The van der Waals surface area contributed by atoms with E-state index in [1.54, 1.807) is 0 Å². The highest BCUT2D eigenvalue weighted by molar-refractivity contribution is 5.96. The van der Waals surface area contributed by atoms with Gasteiger partial charge in [0.15, 0.2) is 0 Å². The molecule has 0 atom stereocenters. The first-order valence-corrected chi connectivity index (χ1v) is 11.0. The quantitative estimate of drug-likeness (QED) is 0.787. The third-order valence-corrected chi connectivity index (χ3v) is 6.06. The van der Waals surface area contributed by atoms with Gasteiger partial charge in [-0.2, -0.15) is 0 Å². The molecule has 1 saturated carbocycles. The number of carbonyl (C=O) groups excluding carboxylic acids is 2. The maximum atomic E-state index is 12.8. The van der Waals surface area contributed by atoms with Crippen molar-refractivity contribution in [2.24, 2.45) is 5.92 Å². The molecule has 30 heavy (non-hydrogen) atoms. The summed E-state index contributed by atoms with van der Waals surface area (Å²) in [5.41, 5.74) is 4.13. The summed E-state index contributed by atoms with van der Waals surface area (Å²) in [6.45, 7) is 8.59. The summed E-state index contributed by atoms with van der Waals surface area (Å²) in [5.74, 6) is 0.882. The Morgan fingerprint density at radius 2 is 1.57 bits per heavy atom. The summed E-state index contributed by atoms with van der Waals surface area (Å²) in [6, 6.07) is 16.1. The van der Waals surface area contributed by atoms with E-state index in [9.17, 15) is 9.59 Å². The van der Waals surface area contributed by atoms with Crippen molar-refractivity contribution >= 4 is 17.5 Å². The minimum absolute atomic E-state index is 0.0657. The molecule has 1 heterocycles. The number of hydrogen-bond acceptors (Lipinski definition) is 3. The average molecular weight is 406 g/mol. The highest BCUT2D eigenvalue weighted by Gasteiger charge is 2.29. The lowest BCUT2D eigenvalue weighted by Gasteiger charge is -2.34. The van der Waals surface area contributed by atoms with Crippen molar-refractivity contribution in [3.8, 4) is 0 Å². The summed E-state index contributed by atoms with van der Waals surface area (Å²) in [6.07, 6.45) is 1.97. The molecule has 1 aliphatic carbocycles. The highest BCUT2D eigenvalue weighted by atomic mass is 16.2.